The average Bonchev–Trinajstić information content (AvgIpc) is 3.41. The standard InChI is InChI=1S/C62H92N2O8/c1-5-7-9-11-13-15-17-19-21-23-25-51-27-31-53(32-28-51)57-37-35-55-59(63-57)60-56(36-38-58(64-60)54-33-29-52(30-34-54)26-24-22-20-18-16-14-12-10-8-6-2)62(72-50-48-70-46-44-68-42-40-66-4)61(55)71-49-47-69-45-43-67-41-39-65-3/h27-38H,5-26,39-50H2,1-4H3. The Morgan fingerprint density at radius 3 is 0.958 bits per heavy atom. The van der Waals surface area contributed by atoms with E-state index in [0.29, 0.717) is 90.8 Å². The van der Waals surface area contributed by atoms with Crippen LogP contribution in [0.25, 0.3) is 44.3 Å². The summed E-state index contributed by atoms with van der Waals surface area (Å²) in [5.74, 6) is 1.22. The molecule has 2 heterocycles. The number of pyridine rings is 2. The number of hydrogen-bond acceptors (Lipinski definition) is 10. The summed E-state index contributed by atoms with van der Waals surface area (Å²) in [6.45, 7) is 9.99. The number of ether oxygens (including phenoxy) is 8. The first-order chi connectivity index (χ1) is 35.7. The normalized spacial score (nSPS) is 11.6. The molecule has 2 aromatic heterocycles. The van der Waals surface area contributed by atoms with Crippen molar-refractivity contribution in [3.63, 3.8) is 0 Å². The van der Waals surface area contributed by atoms with Gasteiger partial charge in [0.25, 0.3) is 0 Å². The lowest BCUT2D eigenvalue weighted by Gasteiger charge is -2.19. The summed E-state index contributed by atoms with van der Waals surface area (Å²) in [5, 5.41) is 1.65. The molecule has 0 aliphatic carbocycles. The molecule has 10 nitrogen and oxygen atoms in total. The van der Waals surface area contributed by atoms with Crippen LogP contribution < -0.4 is 9.47 Å². The van der Waals surface area contributed by atoms with Gasteiger partial charge in [-0.2, -0.15) is 0 Å². The summed E-state index contributed by atoms with van der Waals surface area (Å²) in [6, 6.07) is 26.3. The number of rotatable bonds is 44. The number of methoxy groups -OCH3 is 2. The maximum absolute atomic E-state index is 6.64. The zero-order valence-electron chi connectivity index (χ0n) is 45.1. The predicted octanol–water partition coefficient (Wildman–Crippen LogP) is 15.2. The van der Waals surface area contributed by atoms with Gasteiger partial charge in [0.15, 0.2) is 11.5 Å². The third-order valence-corrected chi connectivity index (χ3v) is 13.4. The van der Waals surface area contributed by atoms with Gasteiger partial charge in [-0.15, -0.1) is 0 Å². The highest BCUT2D eigenvalue weighted by atomic mass is 16.6. The Bertz CT molecular complexity index is 1990. The van der Waals surface area contributed by atoms with Gasteiger partial charge in [-0.05, 0) is 61.1 Å². The van der Waals surface area contributed by atoms with Crippen LogP contribution in [0, 0.1) is 0 Å². The van der Waals surface area contributed by atoms with E-state index in [-0.39, 0.29) is 0 Å². The van der Waals surface area contributed by atoms with E-state index >= 15 is 0 Å². The molecule has 398 valence electrons. The van der Waals surface area contributed by atoms with Crippen LogP contribution in [0.2, 0.25) is 0 Å². The van der Waals surface area contributed by atoms with Crippen molar-refractivity contribution in [3.8, 4) is 34.0 Å². The van der Waals surface area contributed by atoms with Gasteiger partial charge in [-0.1, -0.05) is 178 Å². The average molecular weight is 993 g/mol. The molecule has 0 aliphatic heterocycles. The zero-order chi connectivity index (χ0) is 50.5. The van der Waals surface area contributed by atoms with Crippen LogP contribution in [0.4, 0.5) is 0 Å². The molecule has 0 N–H and O–H groups in total. The molecule has 0 aliphatic rings. The number of fused-ring (bicyclic) bond motifs is 3. The lowest BCUT2D eigenvalue weighted by atomic mass is 10.0. The molecule has 5 rings (SSSR count). The van der Waals surface area contributed by atoms with Crippen molar-refractivity contribution in [2.45, 2.75) is 155 Å². The highest BCUT2D eigenvalue weighted by Crippen LogP contribution is 2.44. The van der Waals surface area contributed by atoms with Crippen molar-refractivity contribution >= 4 is 21.8 Å². The van der Waals surface area contributed by atoms with Crippen molar-refractivity contribution in [1.29, 1.82) is 0 Å². The van der Waals surface area contributed by atoms with Crippen LogP contribution in [0.5, 0.6) is 11.5 Å². The highest BCUT2D eigenvalue weighted by molar-refractivity contribution is 6.11. The van der Waals surface area contributed by atoms with Gasteiger partial charge in [0, 0.05) is 36.1 Å². The fourth-order valence-electron chi connectivity index (χ4n) is 9.15. The molecule has 72 heavy (non-hydrogen) atoms. The lowest BCUT2D eigenvalue weighted by molar-refractivity contribution is 0.0162. The molecule has 0 spiro atoms. The maximum atomic E-state index is 6.64. The third kappa shape index (κ3) is 22.1. The van der Waals surface area contributed by atoms with Crippen molar-refractivity contribution in [2.24, 2.45) is 0 Å². The van der Waals surface area contributed by atoms with E-state index in [1.807, 2.05) is 0 Å². The van der Waals surface area contributed by atoms with Crippen LogP contribution in [0.1, 0.15) is 153 Å². The van der Waals surface area contributed by atoms with Crippen LogP contribution in [-0.4, -0.2) is 103 Å². The first kappa shape index (κ1) is 58.7. The van der Waals surface area contributed by atoms with Crippen LogP contribution in [0.15, 0.2) is 72.8 Å². The summed E-state index contributed by atoms with van der Waals surface area (Å²) in [6.07, 6.45) is 29.1. The number of nitrogens with zero attached hydrogens (tertiary/aromatic N) is 2. The molecule has 0 saturated heterocycles. The van der Waals surface area contributed by atoms with Gasteiger partial charge < -0.3 is 37.9 Å². The number of hydrogen-bond donors (Lipinski definition) is 0. The first-order valence-electron chi connectivity index (χ1n) is 28.2. The Hall–Kier alpha value is -4.16. The topological polar surface area (TPSA) is 99.6 Å². The second kappa shape index (κ2) is 37.6. The van der Waals surface area contributed by atoms with Crippen LogP contribution in [-0.2, 0) is 41.3 Å². The van der Waals surface area contributed by atoms with Gasteiger partial charge in [0.05, 0.1) is 77.5 Å². The summed E-state index contributed by atoms with van der Waals surface area (Å²) in [5.41, 5.74) is 8.16. The molecule has 0 saturated carbocycles. The Morgan fingerprint density at radius 2 is 0.625 bits per heavy atom. The largest absolute Gasteiger partial charge is 0.487 e. The number of benzene rings is 3. The van der Waals surface area contributed by atoms with Gasteiger partial charge in [0.1, 0.15) is 24.2 Å². The van der Waals surface area contributed by atoms with E-state index in [9.17, 15) is 0 Å². The maximum Gasteiger partial charge on any atom is 0.171 e. The van der Waals surface area contributed by atoms with Crippen molar-refractivity contribution in [3.05, 3.63) is 83.9 Å². The van der Waals surface area contributed by atoms with E-state index < -0.39 is 0 Å². The second-order valence-corrected chi connectivity index (χ2v) is 19.2. The SMILES string of the molecule is CCCCCCCCCCCCc1ccc(-c2ccc3c(OCCOCCOCCOC)c(OCCOCCOCCOC)c4ccc(-c5ccc(CCCCCCCCCCCC)cc5)nc4c3n2)cc1. The molecular weight excluding hydrogens is 901 g/mol. The highest BCUT2D eigenvalue weighted by Gasteiger charge is 2.21. The predicted molar refractivity (Wildman–Crippen MR) is 297 cm³/mol. The smallest absolute Gasteiger partial charge is 0.171 e. The van der Waals surface area contributed by atoms with Crippen molar-refractivity contribution in [2.75, 3.05) is 93.5 Å². The minimum atomic E-state index is 0.309. The van der Waals surface area contributed by atoms with Gasteiger partial charge in [0.2, 0.25) is 0 Å². The van der Waals surface area contributed by atoms with E-state index in [1.165, 1.54) is 140 Å². The minimum absolute atomic E-state index is 0.309. The molecule has 0 amide bonds. The fourth-order valence-corrected chi connectivity index (χ4v) is 9.15. The quantitative estimate of drug-likeness (QED) is 0.0277. The summed E-state index contributed by atoms with van der Waals surface area (Å²) >= 11 is 0. The molecule has 10 heteroatoms. The molecular formula is C62H92N2O8. The van der Waals surface area contributed by atoms with Gasteiger partial charge >= 0.3 is 0 Å². The molecule has 0 atom stereocenters. The first-order valence-corrected chi connectivity index (χ1v) is 28.2. The number of unbranched alkanes of at least 4 members (excludes halogenated alkanes) is 18. The summed E-state index contributed by atoms with van der Waals surface area (Å²) in [4.78, 5) is 10.8. The zero-order valence-corrected chi connectivity index (χ0v) is 45.1. The van der Waals surface area contributed by atoms with Crippen LogP contribution in [0.3, 0.4) is 0 Å². The Labute approximate surface area is 434 Å². The Morgan fingerprint density at radius 1 is 0.319 bits per heavy atom. The summed E-state index contributed by atoms with van der Waals surface area (Å²) in [7, 11) is 3.33. The molecule has 0 radical (unpaired) electrons. The van der Waals surface area contributed by atoms with E-state index in [4.69, 9.17) is 47.9 Å². The fraction of sp³-hybridized carbons (Fsp3) is 0.613. The van der Waals surface area contributed by atoms with E-state index in [2.05, 4.69) is 86.6 Å². The second-order valence-electron chi connectivity index (χ2n) is 19.2. The Balaban J connectivity index is 1.35. The van der Waals surface area contributed by atoms with Crippen molar-refractivity contribution in [1.82, 2.24) is 9.97 Å². The van der Waals surface area contributed by atoms with Gasteiger partial charge in [-0.3, -0.25) is 0 Å². The van der Waals surface area contributed by atoms with E-state index in [0.717, 1.165) is 57.2 Å². The van der Waals surface area contributed by atoms with E-state index in [1.54, 1.807) is 14.2 Å². The van der Waals surface area contributed by atoms with Gasteiger partial charge in [-0.25, -0.2) is 9.97 Å². The molecule has 0 bridgehead atoms. The summed E-state index contributed by atoms with van der Waals surface area (Å²) < 4.78 is 46.5. The Kier molecular flexibility index (Phi) is 30.6. The molecule has 5 aromatic rings. The lowest BCUT2D eigenvalue weighted by Crippen LogP contribution is -2.14. The number of aromatic nitrogens is 2. The molecule has 3 aromatic carbocycles. The van der Waals surface area contributed by atoms with Crippen molar-refractivity contribution < 1.29 is 37.9 Å². The molecule has 0 unspecified atom stereocenters. The monoisotopic (exact) mass is 993 g/mol. The molecule has 0 fully saturated rings. The van der Waals surface area contributed by atoms with Crippen LogP contribution >= 0.6 is 0 Å². The minimum Gasteiger partial charge on any atom is -0.487 e. The third-order valence-electron chi connectivity index (χ3n) is 13.4. The number of aryl methyl sites for hydroxylation is 2.